The van der Waals surface area contributed by atoms with Crippen molar-refractivity contribution in [3.8, 4) is 17.2 Å². The number of hydrogen-bond donors (Lipinski definition) is 1. The summed E-state index contributed by atoms with van der Waals surface area (Å²) in [6.07, 6.45) is 4.11. The molecule has 3 unspecified atom stereocenters. The van der Waals surface area contributed by atoms with E-state index in [2.05, 4.69) is 38.7 Å². The minimum Gasteiger partial charge on any atom is -0.494 e. The topological polar surface area (TPSA) is 96.2 Å². The molecule has 3 atom stereocenters. The third kappa shape index (κ3) is 5.02. The van der Waals surface area contributed by atoms with Crippen molar-refractivity contribution in [1.29, 1.82) is 0 Å². The van der Waals surface area contributed by atoms with Gasteiger partial charge < -0.3 is 14.2 Å². The molecule has 3 aromatic rings. The Balaban J connectivity index is 1.65. The quantitative estimate of drug-likeness (QED) is 0.435. The molecule has 0 amide bonds. The summed E-state index contributed by atoms with van der Waals surface area (Å²) in [5.41, 5.74) is 0.749. The van der Waals surface area contributed by atoms with Gasteiger partial charge in [-0.05, 0) is 30.5 Å². The largest absolute Gasteiger partial charge is 0.494 e. The second-order valence-electron chi connectivity index (χ2n) is 7.76. The second kappa shape index (κ2) is 10.6. The van der Waals surface area contributed by atoms with Crippen molar-refractivity contribution in [3.05, 3.63) is 47.3 Å². The van der Waals surface area contributed by atoms with Gasteiger partial charge in [0.2, 0.25) is 5.95 Å². The van der Waals surface area contributed by atoms with Crippen LogP contribution in [0.4, 0.5) is 5.95 Å². The zero-order chi connectivity index (χ0) is 23.4. The first kappa shape index (κ1) is 23.6. The molecule has 33 heavy (non-hydrogen) atoms. The highest BCUT2D eigenvalue weighted by atomic mass is 35.5. The van der Waals surface area contributed by atoms with E-state index in [-0.39, 0.29) is 17.1 Å². The van der Waals surface area contributed by atoms with Crippen molar-refractivity contribution in [2.24, 2.45) is 0 Å². The van der Waals surface area contributed by atoms with Gasteiger partial charge in [0.05, 0.1) is 25.8 Å². The van der Waals surface area contributed by atoms with Crippen molar-refractivity contribution < 1.29 is 14.2 Å². The number of methoxy groups -OCH3 is 2. The van der Waals surface area contributed by atoms with E-state index in [1.807, 2.05) is 22.8 Å². The van der Waals surface area contributed by atoms with Gasteiger partial charge in [-0.2, -0.15) is 0 Å². The molecule has 1 saturated heterocycles. The summed E-state index contributed by atoms with van der Waals surface area (Å²) in [5.74, 6) is 3.67. The van der Waals surface area contributed by atoms with Crippen LogP contribution in [0.1, 0.15) is 43.8 Å². The van der Waals surface area contributed by atoms with E-state index in [1.165, 1.54) is 11.9 Å². The van der Waals surface area contributed by atoms with Crippen LogP contribution in [0.5, 0.6) is 11.5 Å². The zero-order valence-electron chi connectivity index (χ0n) is 19.0. The molecular weight excluding hydrogens is 464 g/mol. The number of halogens is 1. The molecular formula is C22H27ClN6O3S. The van der Waals surface area contributed by atoms with Crippen molar-refractivity contribution in [2.75, 3.05) is 32.2 Å². The lowest BCUT2D eigenvalue weighted by molar-refractivity contribution is 0.193. The molecule has 1 aromatic carbocycles. The first-order valence-electron chi connectivity index (χ1n) is 10.7. The molecule has 11 heteroatoms. The molecule has 1 aliphatic heterocycles. The van der Waals surface area contributed by atoms with Crippen molar-refractivity contribution in [2.45, 2.75) is 37.4 Å². The molecule has 2 aromatic heterocycles. The number of aromatic nitrogens is 5. The maximum Gasteiger partial charge on any atom is 0.239 e. The molecule has 9 nitrogen and oxygen atoms in total. The molecule has 4 rings (SSSR count). The smallest absolute Gasteiger partial charge is 0.239 e. The first-order valence-corrected chi connectivity index (χ1v) is 11.9. The monoisotopic (exact) mass is 490 g/mol. The lowest BCUT2D eigenvalue weighted by Crippen LogP contribution is -2.15. The zero-order valence-corrected chi connectivity index (χ0v) is 20.6. The van der Waals surface area contributed by atoms with E-state index in [4.69, 9.17) is 25.8 Å². The molecule has 1 fully saturated rings. The Morgan fingerprint density at radius 2 is 1.85 bits per heavy atom. The molecule has 0 saturated carbocycles. The maximum absolute atomic E-state index is 5.93. The number of hydrogen-bond acceptors (Lipinski definition) is 9. The Bertz CT molecular complexity index is 1050. The highest BCUT2D eigenvalue weighted by Crippen LogP contribution is 2.39. The van der Waals surface area contributed by atoms with Gasteiger partial charge in [-0.3, -0.25) is 9.29 Å². The van der Waals surface area contributed by atoms with E-state index < -0.39 is 0 Å². The van der Waals surface area contributed by atoms with Gasteiger partial charge in [0, 0.05) is 36.1 Å². The van der Waals surface area contributed by atoms with Crippen LogP contribution in [0.15, 0.2) is 30.6 Å². The van der Waals surface area contributed by atoms with E-state index in [0.717, 1.165) is 23.8 Å². The van der Waals surface area contributed by atoms with Gasteiger partial charge in [0.25, 0.3) is 0 Å². The van der Waals surface area contributed by atoms with Crippen LogP contribution in [-0.2, 0) is 4.74 Å². The summed E-state index contributed by atoms with van der Waals surface area (Å²) in [5, 5.41) is 9.65. The number of anilines is 1. The number of ether oxygens (including phenoxy) is 3. The number of rotatable bonds is 9. The molecule has 0 radical (unpaired) electrons. The van der Waals surface area contributed by atoms with Gasteiger partial charge in [0.1, 0.15) is 28.8 Å². The Kier molecular flexibility index (Phi) is 7.56. The highest BCUT2D eigenvalue weighted by molar-refractivity contribution is 8.01. The Hall–Kier alpha value is -2.56. The van der Waals surface area contributed by atoms with Gasteiger partial charge in [-0.1, -0.05) is 31.5 Å². The summed E-state index contributed by atoms with van der Waals surface area (Å²) in [4.78, 5) is 8.71. The normalized spacial score (nSPS) is 17.5. The van der Waals surface area contributed by atoms with Crippen LogP contribution in [0.25, 0.3) is 5.69 Å². The van der Waals surface area contributed by atoms with Crippen molar-refractivity contribution >= 4 is 29.5 Å². The molecule has 0 spiro atoms. The second-order valence-corrected chi connectivity index (χ2v) is 9.38. The Morgan fingerprint density at radius 1 is 1.15 bits per heavy atom. The molecule has 3 heterocycles. The average Bonchev–Trinajstić information content (AvgIpc) is 3.51. The fraction of sp³-hybridized carbons (Fsp3) is 0.455. The standard InChI is InChI=1S/C22H27ClN6O3S/c1-13(20-24-10-16(23)11-25-20)14(2)33-28-22-27-26-21(15-8-9-32-12-15)29(22)19-17(30-3)6-5-7-18(19)31-4/h5-7,10-11,13-15H,8-9,12H2,1-4H3,(H,27,28). The number of para-hydroxylation sites is 1. The number of nitrogens with one attached hydrogen (secondary N) is 1. The van der Waals surface area contributed by atoms with Crippen LogP contribution < -0.4 is 14.2 Å². The molecule has 1 N–H and O–H groups in total. The van der Waals surface area contributed by atoms with Gasteiger partial charge in [-0.15, -0.1) is 10.2 Å². The summed E-state index contributed by atoms with van der Waals surface area (Å²) in [7, 11) is 3.28. The number of benzene rings is 1. The van der Waals surface area contributed by atoms with Crippen LogP contribution in [-0.4, -0.2) is 57.4 Å². The summed E-state index contributed by atoms with van der Waals surface area (Å²) in [6, 6.07) is 5.68. The van der Waals surface area contributed by atoms with Crippen LogP contribution in [0, 0.1) is 0 Å². The van der Waals surface area contributed by atoms with Gasteiger partial charge >= 0.3 is 0 Å². The fourth-order valence-corrected chi connectivity index (χ4v) is 4.50. The Labute approximate surface area is 202 Å². The van der Waals surface area contributed by atoms with Crippen molar-refractivity contribution in [1.82, 2.24) is 24.7 Å². The maximum atomic E-state index is 5.93. The van der Waals surface area contributed by atoms with E-state index >= 15 is 0 Å². The molecule has 176 valence electrons. The van der Waals surface area contributed by atoms with Crippen molar-refractivity contribution in [3.63, 3.8) is 0 Å². The average molecular weight is 491 g/mol. The van der Waals surface area contributed by atoms with Gasteiger partial charge in [0.15, 0.2) is 0 Å². The van der Waals surface area contributed by atoms with E-state index in [1.54, 1.807) is 26.6 Å². The molecule has 1 aliphatic rings. The summed E-state index contributed by atoms with van der Waals surface area (Å²) in [6.45, 7) is 5.49. The van der Waals surface area contributed by atoms with Gasteiger partial charge in [-0.25, -0.2) is 9.97 Å². The predicted molar refractivity (Wildman–Crippen MR) is 129 cm³/mol. The molecule has 0 bridgehead atoms. The van der Waals surface area contributed by atoms with Crippen LogP contribution >= 0.6 is 23.5 Å². The third-order valence-corrected chi connectivity index (χ3v) is 6.97. The molecule has 0 aliphatic carbocycles. The third-order valence-electron chi connectivity index (χ3n) is 5.70. The van der Waals surface area contributed by atoms with E-state index in [9.17, 15) is 0 Å². The summed E-state index contributed by atoms with van der Waals surface area (Å²) < 4.78 is 22.3. The summed E-state index contributed by atoms with van der Waals surface area (Å²) >= 11 is 7.46. The Morgan fingerprint density at radius 3 is 2.45 bits per heavy atom. The lowest BCUT2D eigenvalue weighted by Gasteiger charge is -2.21. The van der Waals surface area contributed by atoms with Crippen LogP contribution in [0.2, 0.25) is 5.02 Å². The predicted octanol–water partition coefficient (Wildman–Crippen LogP) is 4.48. The first-order chi connectivity index (χ1) is 16.0. The number of nitrogens with zero attached hydrogens (tertiary/aromatic N) is 5. The van der Waals surface area contributed by atoms with E-state index in [0.29, 0.717) is 35.7 Å². The minimum atomic E-state index is 0.0830. The minimum absolute atomic E-state index is 0.0830. The SMILES string of the molecule is COc1cccc(OC)c1-n1c(NSC(C)C(C)c2ncc(Cl)cn2)nnc1C1CCOC1. The highest BCUT2D eigenvalue weighted by Gasteiger charge is 2.29. The fourth-order valence-electron chi connectivity index (χ4n) is 3.65. The van der Waals surface area contributed by atoms with Crippen LogP contribution in [0.3, 0.4) is 0 Å². The lowest BCUT2D eigenvalue weighted by atomic mass is 10.1.